The molecule has 0 amide bonds. The van der Waals surface area contributed by atoms with Crippen molar-refractivity contribution < 1.29 is 9.90 Å². The predicted molar refractivity (Wildman–Crippen MR) is 97.3 cm³/mol. The summed E-state index contributed by atoms with van der Waals surface area (Å²) in [5.41, 5.74) is 3.74. The van der Waals surface area contributed by atoms with E-state index in [1.54, 1.807) is 28.2 Å². The molecule has 0 bridgehead atoms. The number of carboxylic acid groups (broad SMARTS) is 1. The summed E-state index contributed by atoms with van der Waals surface area (Å²) >= 11 is 3.31. The number of benzene rings is 2. The highest BCUT2D eigenvalue weighted by atomic mass is 32.2. The summed E-state index contributed by atoms with van der Waals surface area (Å²) in [6.07, 6.45) is 2.02. The number of carbonyl (C=O) groups is 1. The summed E-state index contributed by atoms with van der Waals surface area (Å²) in [5, 5.41) is 14.0. The molecule has 0 fully saturated rings. The minimum Gasteiger partial charge on any atom is -0.476 e. The number of aromatic carboxylic acids is 1. The molecular weight excluding hydrogens is 340 g/mol. The minimum absolute atomic E-state index is 0.140. The lowest BCUT2D eigenvalue weighted by Gasteiger charge is -2.18. The number of carboxylic acids is 1. The van der Waals surface area contributed by atoms with Crippen LogP contribution in [0, 0.1) is 0 Å². The maximum Gasteiger partial charge on any atom is 0.356 e. The molecule has 1 aliphatic rings. The fourth-order valence-corrected chi connectivity index (χ4v) is 4.42. The summed E-state index contributed by atoms with van der Waals surface area (Å²) in [7, 11) is 0. The largest absolute Gasteiger partial charge is 0.476 e. The Morgan fingerprint density at radius 3 is 2.88 bits per heavy atom. The highest BCUT2D eigenvalue weighted by Crippen LogP contribution is 2.43. The third-order valence-corrected chi connectivity index (χ3v) is 5.82. The Labute approximate surface area is 147 Å². The molecule has 4 nitrogen and oxygen atoms in total. The first-order valence-electron chi connectivity index (χ1n) is 7.41. The van der Waals surface area contributed by atoms with Gasteiger partial charge in [-0.1, -0.05) is 24.3 Å². The van der Waals surface area contributed by atoms with E-state index in [1.807, 2.05) is 48.7 Å². The van der Waals surface area contributed by atoms with Gasteiger partial charge in [-0.15, -0.1) is 23.5 Å². The van der Waals surface area contributed by atoms with Gasteiger partial charge in [0.15, 0.2) is 5.69 Å². The van der Waals surface area contributed by atoms with Gasteiger partial charge < -0.3 is 5.11 Å². The van der Waals surface area contributed by atoms with Gasteiger partial charge in [0.25, 0.3) is 0 Å². The van der Waals surface area contributed by atoms with Crippen molar-refractivity contribution in [3.63, 3.8) is 0 Å². The van der Waals surface area contributed by atoms with Gasteiger partial charge in [-0.2, -0.15) is 5.10 Å². The quantitative estimate of drug-likeness (QED) is 0.699. The first-order chi connectivity index (χ1) is 11.7. The molecule has 0 unspecified atom stereocenters. The molecule has 6 heteroatoms. The fourth-order valence-electron chi connectivity index (χ4n) is 2.90. The van der Waals surface area contributed by atoms with Crippen LogP contribution in [-0.2, 0) is 5.75 Å². The zero-order valence-corrected chi connectivity index (χ0v) is 14.5. The smallest absolute Gasteiger partial charge is 0.356 e. The molecule has 0 atom stereocenters. The van der Waals surface area contributed by atoms with Crippen molar-refractivity contribution in [1.29, 1.82) is 0 Å². The number of hydrogen-bond acceptors (Lipinski definition) is 4. The normalized spacial score (nSPS) is 12.5. The van der Waals surface area contributed by atoms with E-state index < -0.39 is 5.97 Å². The second kappa shape index (κ2) is 6.03. The second-order valence-corrected chi connectivity index (χ2v) is 7.28. The van der Waals surface area contributed by atoms with Gasteiger partial charge in [0.2, 0.25) is 0 Å². The van der Waals surface area contributed by atoms with Crippen molar-refractivity contribution in [1.82, 2.24) is 9.78 Å². The maximum atomic E-state index is 11.7. The van der Waals surface area contributed by atoms with Crippen molar-refractivity contribution >= 4 is 29.5 Å². The van der Waals surface area contributed by atoms with Crippen molar-refractivity contribution in [2.45, 2.75) is 15.5 Å². The molecule has 2 heterocycles. The summed E-state index contributed by atoms with van der Waals surface area (Å²) in [6, 6.07) is 16.1. The van der Waals surface area contributed by atoms with Crippen LogP contribution in [0.3, 0.4) is 0 Å². The Morgan fingerprint density at radius 2 is 2.08 bits per heavy atom. The molecule has 0 aliphatic carbocycles. The summed E-state index contributed by atoms with van der Waals surface area (Å²) < 4.78 is 1.77. The first kappa shape index (κ1) is 15.4. The van der Waals surface area contributed by atoms with Crippen molar-refractivity contribution in [2.75, 3.05) is 6.26 Å². The predicted octanol–water partition coefficient (Wildman–Crippen LogP) is 4.57. The van der Waals surface area contributed by atoms with Crippen LogP contribution < -0.4 is 0 Å². The molecular formula is C18H14N2O2S2. The highest BCUT2D eigenvalue weighted by molar-refractivity contribution is 7.99. The molecule has 3 aromatic rings. The van der Waals surface area contributed by atoms with Crippen LogP contribution in [0.1, 0.15) is 16.1 Å². The van der Waals surface area contributed by atoms with E-state index >= 15 is 0 Å². The molecule has 1 N–H and O–H groups in total. The number of fused-ring (bicyclic) bond motifs is 3. The van der Waals surface area contributed by atoms with Crippen molar-refractivity contribution in [2.24, 2.45) is 0 Å². The molecule has 1 aliphatic heterocycles. The Hall–Kier alpha value is -2.18. The van der Waals surface area contributed by atoms with Gasteiger partial charge in [0, 0.05) is 26.7 Å². The zero-order chi connectivity index (χ0) is 16.7. The van der Waals surface area contributed by atoms with E-state index in [-0.39, 0.29) is 5.69 Å². The molecule has 0 saturated heterocycles. The second-order valence-electron chi connectivity index (χ2n) is 5.38. The lowest BCUT2D eigenvalue weighted by molar-refractivity contribution is 0.0689. The lowest BCUT2D eigenvalue weighted by Crippen LogP contribution is -2.03. The molecule has 0 spiro atoms. The van der Waals surface area contributed by atoms with Crippen LogP contribution in [-0.4, -0.2) is 27.1 Å². The van der Waals surface area contributed by atoms with E-state index in [2.05, 4.69) is 11.2 Å². The fraction of sp³-hybridized carbons (Fsp3) is 0.111. The topological polar surface area (TPSA) is 55.1 Å². The number of rotatable bonds is 3. The van der Waals surface area contributed by atoms with Gasteiger partial charge in [-0.25, -0.2) is 9.48 Å². The maximum absolute atomic E-state index is 11.7. The molecule has 0 radical (unpaired) electrons. The first-order valence-corrected chi connectivity index (χ1v) is 9.62. The van der Waals surface area contributed by atoms with Gasteiger partial charge >= 0.3 is 5.97 Å². The summed E-state index contributed by atoms with van der Waals surface area (Å²) in [4.78, 5) is 13.9. The Bertz CT molecular complexity index is 950. The lowest BCUT2D eigenvalue weighted by atomic mass is 10.1. The number of nitrogens with zero attached hydrogens (tertiary/aromatic N) is 2. The van der Waals surface area contributed by atoms with Crippen LogP contribution in [0.5, 0.6) is 0 Å². The number of thioether (sulfide) groups is 2. The Morgan fingerprint density at radius 1 is 1.25 bits per heavy atom. The molecule has 24 heavy (non-hydrogen) atoms. The van der Waals surface area contributed by atoms with Gasteiger partial charge in [-0.3, -0.25) is 0 Å². The highest BCUT2D eigenvalue weighted by Gasteiger charge is 2.28. The van der Waals surface area contributed by atoms with Gasteiger partial charge in [-0.05, 0) is 30.5 Å². The monoisotopic (exact) mass is 354 g/mol. The SMILES string of the molecule is CSc1cccc(-n2nc(C(=O)O)c3c2-c2ccccc2SC3)c1. The molecule has 0 saturated carbocycles. The zero-order valence-electron chi connectivity index (χ0n) is 12.9. The summed E-state index contributed by atoms with van der Waals surface area (Å²) in [6.45, 7) is 0. The molecule has 1 aromatic heterocycles. The minimum atomic E-state index is -0.981. The van der Waals surface area contributed by atoms with Crippen LogP contribution in [0.25, 0.3) is 16.9 Å². The van der Waals surface area contributed by atoms with E-state index in [1.165, 1.54) is 0 Å². The van der Waals surface area contributed by atoms with Crippen LogP contribution >= 0.6 is 23.5 Å². The third kappa shape index (κ3) is 2.42. The average molecular weight is 354 g/mol. The molecule has 4 rings (SSSR count). The Balaban J connectivity index is 2.01. The summed E-state index contributed by atoms with van der Waals surface area (Å²) in [5.74, 6) is -0.359. The standard InChI is InChI=1S/C18H14N2O2S2/c1-23-12-6-4-5-11(9-12)20-17-13-7-2-3-8-15(13)24-10-14(17)16(19-20)18(21)22/h2-9H,10H2,1H3,(H,21,22). The van der Waals surface area contributed by atoms with Crippen molar-refractivity contribution in [3.8, 4) is 16.9 Å². The van der Waals surface area contributed by atoms with Crippen molar-refractivity contribution in [3.05, 3.63) is 59.8 Å². The van der Waals surface area contributed by atoms with Crippen LogP contribution in [0.2, 0.25) is 0 Å². The van der Waals surface area contributed by atoms with E-state index in [0.29, 0.717) is 5.75 Å². The van der Waals surface area contributed by atoms with Gasteiger partial charge in [0.1, 0.15) is 0 Å². The third-order valence-electron chi connectivity index (χ3n) is 4.00. The molecule has 120 valence electrons. The Kier molecular flexibility index (Phi) is 3.86. The molecule has 2 aromatic carbocycles. The van der Waals surface area contributed by atoms with E-state index in [4.69, 9.17) is 0 Å². The van der Waals surface area contributed by atoms with E-state index in [0.717, 1.165) is 32.3 Å². The van der Waals surface area contributed by atoms with Gasteiger partial charge in [0.05, 0.1) is 11.4 Å². The average Bonchev–Trinajstić information content (AvgIpc) is 3.02. The van der Waals surface area contributed by atoms with Crippen LogP contribution in [0.15, 0.2) is 58.3 Å². The van der Waals surface area contributed by atoms with Crippen LogP contribution in [0.4, 0.5) is 0 Å². The van der Waals surface area contributed by atoms with E-state index in [9.17, 15) is 9.90 Å². The number of hydrogen-bond donors (Lipinski definition) is 1. The number of aromatic nitrogens is 2.